The number of carbonyl (C=O) groups excluding carboxylic acids is 3. The van der Waals surface area contributed by atoms with Crippen LogP contribution in [0.25, 0.3) is 11.1 Å². The lowest BCUT2D eigenvalue weighted by molar-refractivity contribution is 0.00701. The van der Waals surface area contributed by atoms with Gasteiger partial charge in [-0.05, 0) is 57.0 Å². The molecule has 7 heteroatoms. The summed E-state index contributed by atoms with van der Waals surface area (Å²) in [4.78, 5) is 37.6. The maximum atomic E-state index is 13.0. The van der Waals surface area contributed by atoms with Gasteiger partial charge in [0.25, 0.3) is 0 Å². The molecular formula is C23H25ClO6. The minimum Gasteiger partial charge on any atom is -0.465 e. The lowest BCUT2D eigenvalue weighted by Crippen LogP contribution is -2.24. The van der Waals surface area contributed by atoms with Gasteiger partial charge in [-0.2, -0.15) is 0 Å². The van der Waals surface area contributed by atoms with Crippen LogP contribution in [0.4, 0.5) is 0 Å². The summed E-state index contributed by atoms with van der Waals surface area (Å²) in [7, 11) is 1.26. The number of benzene rings is 2. The second-order valence-electron chi connectivity index (χ2n) is 7.55. The fourth-order valence-electron chi connectivity index (χ4n) is 2.75. The van der Waals surface area contributed by atoms with Crippen LogP contribution in [0, 0.1) is 0 Å². The van der Waals surface area contributed by atoms with Gasteiger partial charge >= 0.3 is 17.9 Å². The minimum atomic E-state index is -0.765. The van der Waals surface area contributed by atoms with E-state index in [1.165, 1.54) is 19.2 Å². The van der Waals surface area contributed by atoms with Crippen molar-refractivity contribution in [2.75, 3.05) is 13.7 Å². The first-order valence-corrected chi connectivity index (χ1v) is 9.88. The molecule has 0 spiro atoms. The first kappa shape index (κ1) is 23.4. The molecule has 160 valence electrons. The summed E-state index contributed by atoms with van der Waals surface area (Å²) in [6.45, 7) is 7.35. The Labute approximate surface area is 181 Å². The quantitative estimate of drug-likeness (QED) is 0.454. The third-order valence-electron chi connectivity index (χ3n) is 4.00. The molecule has 30 heavy (non-hydrogen) atoms. The van der Waals surface area contributed by atoms with Gasteiger partial charge in [-0.25, -0.2) is 14.4 Å². The molecule has 0 aromatic heterocycles. The summed E-state index contributed by atoms with van der Waals surface area (Å²) < 4.78 is 15.5. The van der Waals surface area contributed by atoms with Crippen molar-refractivity contribution in [3.63, 3.8) is 0 Å². The summed E-state index contributed by atoms with van der Waals surface area (Å²) in [6.07, 6.45) is 0.671. The Hall–Kier alpha value is -2.86. The molecule has 0 aliphatic heterocycles. The van der Waals surface area contributed by atoms with E-state index in [1.54, 1.807) is 45.0 Å². The van der Waals surface area contributed by atoms with E-state index in [0.29, 0.717) is 17.5 Å². The summed E-state index contributed by atoms with van der Waals surface area (Å²) in [5.41, 5.74) is 0.381. The molecule has 0 aliphatic rings. The van der Waals surface area contributed by atoms with Crippen LogP contribution < -0.4 is 0 Å². The van der Waals surface area contributed by atoms with Gasteiger partial charge in [0.1, 0.15) is 5.60 Å². The Morgan fingerprint density at radius 1 is 0.967 bits per heavy atom. The molecule has 0 N–H and O–H groups in total. The molecule has 0 heterocycles. The Balaban J connectivity index is 2.70. The van der Waals surface area contributed by atoms with Gasteiger partial charge in [0.2, 0.25) is 0 Å². The molecule has 2 rings (SSSR count). The fraction of sp³-hybridized carbons (Fsp3) is 0.348. The van der Waals surface area contributed by atoms with E-state index < -0.39 is 23.5 Å². The number of hydrogen-bond donors (Lipinski definition) is 0. The van der Waals surface area contributed by atoms with Crippen LogP contribution in [-0.2, 0) is 14.2 Å². The molecule has 0 bridgehead atoms. The summed E-state index contributed by atoms with van der Waals surface area (Å²) in [6, 6.07) is 9.23. The van der Waals surface area contributed by atoms with E-state index in [9.17, 15) is 14.4 Å². The molecule has 0 saturated carbocycles. The molecule has 0 radical (unpaired) electrons. The first-order valence-electron chi connectivity index (χ1n) is 9.50. The highest BCUT2D eigenvalue weighted by Gasteiger charge is 2.26. The predicted molar refractivity (Wildman–Crippen MR) is 114 cm³/mol. The first-order chi connectivity index (χ1) is 14.1. The zero-order valence-corrected chi connectivity index (χ0v) is 18.5. The van der Waals surface area contributed by atoms with Gasteiger partial charge in [0.05, 0.1) is 30.4 Å². The predicted octanol–water partition coefficient (Wildman–Crippen LogP) is 5.32. The van der Waals surface area contributed by atoms with E-state index >= 15 is 0 Å². The van der Waals surface area contributed by atoms with Gasteiger partial charge in [-0.1, -0.05) is 30.7 Å². The van der Waals surface area contributed by atoms with Gasteiger partial charge in [0, 0.05) is 10.6 Å². The molecule has 0 aliphatic carbocycles. The Morgan fingerprint density at radius 2 is 1.67 bits per heavy atom. The monoisotopic (exact) mass is 432 g/mol. The van der Waals surface area contributed by atoms with E-state index in [0.717, 1.165) is 0 Å². The lowest BCUT2D eigenvalue weighted by atomic mass is 9.93. The molecule has 0 unspecified atom stereocenters. The van der Waals surface area contributed by atoms with Crippen molar-refractivity contribution in [1.82, 2.24) is 0 Å². The van der Waals surface area contributed by atoms with Crippen molar-refractivity contribution < 1.29 is 28.6 Å². The Kier molecular flexibility index (Phi) is 7.62. The molecule has 0 fully saturated rings. The second-order valence-corrected chi connectivity index (χ2v) is 7.96. The Bertz CT molecular complexity index is 959. The van der Waals surface area contributed by atoms with E-state index in [-0.39, 0.29) is 28.3 Å². The maximum Gasteiger partial charge on any atom is 0.339 e. The topological polar surface area (TPSA) is 78.9 Å². The largest absolute Gasteiger partial charge is 0.465 e. The SMILES string of the molecule is CCCOC(=O)c1ccc(-c2c(Cl)cccc2C(=O)OC)c(C(=O)OC(C)(C)C)c1. The maximum absolute atomic E-state index is 13.0. The Morgan fingerprint density at radius 3 is 2.27 bits per heavy atom. The average molecular weight is 433 g/mol. The minimum absolute atomic E-state index is 0.0918. The van der Waals surface area contributed by atoms with Crippen LogP contribution in [0.15, 0.2) is 36.4 Å². The van der Waals surface area contributed by atoms with Gasteiger partial charge < -0.3 is 14.2 Å². The van der Waals surface area contributed by atoms with Crippen LogP contribution in [0.2, 0.25) is 5.02 Å². The number of rotatable bonds is 6. The molecule has 0 amide bonds. The zero-order valence-electron chi connectivity index (χ0n) is 17.7. The van der Waals surface area contributed by atoms with Gasteiger partial charge in [-0.15, -0.1) is 0 Å². The van der Waals surface area contributed by atoms with E-state index in [4.69, 9.17) is 25.8 Å². The van der Waals surface area contributed by atoms with Crippen LogP contribution in [0.1, 0.15) is 65.2 Å². The highest BCUT2D eigenvalue weighted by Crippen LogP contribution is 2.35. The molecule has 0 atom stereocenters. The third kappa shape index (κ3) is 5.60. The highest BCUT2D eigenvalue weighted by atomic mass is 35.5. The van der Waals surface area contributed by atoms with Gasteiger partial charge in [0.15, 0.2) is 0 Å². The van der Waals surface area contributed by atoms with Crippen molar-refractivity contribution in [3.8, 4) is 11.1 Å². The van der Waals surface area contributed by atoms with E-state index in [1.807, 2.05) is 6.92 Å². The summed E-state index contributed by atoms with van der Waals surface area (Å²) in [5.74, 6) is -1.81. The molecular weight excluding hydrogens is 408 g/mol. The number of hydrogen-bond acceptors (Lipinski definition) is 6. The number of halogens is 1. The van der Waals surface area contributed by atoms with Crippen LogP contribution in [0.3, 0.4) is 0 Å². The zero-order chi connectivity index (χ0) is 22.5. The standard InChI is InChI=1S/C23H25ClO6/c1-6-12-29-20(25)14-10-11-15(17(13-14)22(27)30-23(2,3)4)19-16(21(26)28-5)8-7-9-18(19)24/h7-11,13H,6,12H2,1-5H3. The van der Waals surface area contributed by atoms with Crippen molar-refractivity contribution >= 4 is 29.5 Å². The number of ether oxygens (including phenoxy) is 3. The lowest BCUT2D eigenvalue weighted by Gasteiger charge is -2.21. The molecule has 0 saturated heterocycles. The van der Waals surface area contributed by atoms with Crippen LogP contribution >= 0.6 is 11.6 Å². The fourth-order valence-corrected chi connectivity index (χ4v) is 3.02. The highest BCUT2D eigenvalue weighted by molar-refractivity contribution is 6.34. The smallest absolute Gasteiger partial charge is 0.339 e. The van der Waals surface area contributed by atoms with Crippen molar-refractivity contribution in [2.24, 2.45) is 0 Å². The van der Waals surface area contributed by atoms with E-state index in [2.05, 4.69) is 0 Å². The summed E-state index contributed by atoms with van der Waals surface area (Å²) in [5, 5.41) is 0.254. The number of carbonyl (C=O) groups is 3. The van der Waals surface area contributed by atoms with Crippen LogP contribution in [0.5, 0.6) is 0 Å². The summed E-state index contributed by atoms with van der Waals surface area (Å²) >= 11 is 6.39. The molecule has 2 aromatic carbocycles. The van der Waals surface area contributed by atoms with Crippen LogP contribution in [-0.4, -0.2) is 37.2 Å². The normalized spacial score (nSPS) is 11.0. The average Bonchev–Trinajstić information content (AvgIpc) is 2.69. The molecule has 6 nitrogen and oxygen atoms in total. The van der Waals surface area contributed by atoms with Crippen molar-refractivity contribution in [1.29, 1.82) is 0 Å². The van der Waals surface area contributed by atoms with Gasteiger partial charge in [-0.3, -0.25) is 0 Å². The van der Waals surface area contributed by atoms with Crippen molar-refractivity contribution in [2.45, 2.75) is 39.7 Å². The second kappa shape index (κ2) is 9.76. The van der Waals surface area contributed by atoms with Crippen molar-refractivity contribution in [3.05, 3.63) is 58.1 Å². The number of methoxy groups -OCH3 is 1. The third-order valence-corrected chi connectivity index (χ3v) is 4.31. The number of esters is 3. The molecule has 2 aromatic rings.